The van der Waals surface area contributed by atoms with E-state index in [9.17, 15) is 9.18 Å². The van der Waals surface area contributed by atoms with Crippen molar-refractivity contribution in [1.82, 2.24) is 15.1 Å². The quantitative estimate of drug-likeness (QED) is 0.712. The molecule has 2 aromatic carbocycles. The zero-order valence-electron chi connectivity index (χ0n) is 16.0. The standard InChI is InChI=1S/C22H21FN4O/c1-26(2)20-9-5-4-7-17(20)8-6-14-24-22(28)21-15-19(25-27(21)3)16-10-12-18(23)13-11-16/h4-5,7,9-13,15H,14H2,1-3H3,(H,24,28). The minimum Gasteiger partial charge on any atom is -0.377 e. The molecule has 0 bridgehead atoms. The summed E-state index contributed by atoms with van der Waals surface area (Å²) in [6, 6.07) is 15.5. The molecule has 0 spiro atoms. The molecule has 0 aliphatic carbocycles. The number of hydrogen-bond donors (Lipinski definition) is 1. The van der Waals surface area contributed by atoms with Crippen molar-refractivity contribution in [3.63, 3.8) is 0 Å². The summed E-state index contributed by atoms with van der Waals surface area (Å²) in [5, 5.41) is 7.12. The first-order valence-corrected chi connectivity index (χ1v) is 8.79. The van der Waals surface area contributed by atoms with Crippen LogP contribution in [0.3, 0.4) is 0 Å². The van der Waals surface area contributed by atoms with Gasteiger partial charge in [0.1, 0.15) is 11.5 Å². The van der Waals surface area contributed by atoms with Gasteiger partial charge in [-0.2, -0.15) is 5.10 Å². The van der Waals surface area contributed by atoms with Crippen LogP contribution in [0.5, 0.6) is 0 Å². The summed E-state index contributed by atoms with van der Waals surface area (Å²) in [5.41, 5.74) is 3.70. The largest absolute Gasteiger partial charge is 0.377 e. The van der Waals surface area contributed by atoms with E-state index in [1.165, 1.54) is 16.8 Å². The summed E-state index contributed by atoms with van der Waals surface area (Å²) in [7, 11) is 5.62. The maximum absolute atomic E-state index is 13.1. The Morgan fingerprint density at radius 2 is 1.89 bits per heavy atom. The van der Waals surface area contributed by atoms with Crippen molar-refractivity contribution in [2.75, 3.05) is 25.5 Å². The van der Waals surface area contributed by atoms with E-state index in [1.54, 1.807) is 25.2 Å². The Bertz CT molecular complexity index is 1040. The molecule has 28 heavy (non-hydrogen) atoms. The number of nitrogens with one attached hydrogen (secondary N) is 1. The van der Waals surface area contributed by atoms with Crippen LogP contribution < -0.4 is 10.2 Å². The lowest BCUT2D eigenvalue weighted by Crippen LogP contribution is -2.25. The highest BCUT2D eigenvalue weighted by Gasteiger charge is 2.13. The molecule has 0 aliphatic rings. The molecule has 1 amide bonds. The molecule has 1 N–H and O–H groups in total. The Morgan fingerprint density at radius 1 is 1.18 bits per heavy atom. The Labute approximate surface area is 163 Å². The molecule has 1 heterocycles. The van der Waals surface area contributed by atoms with Crippen LogP contribution in [-0.2, 0) is 7.05 Å². The highest BCUT2D eigenvalue weighted by atomic mass is 19.1. The lowest BCUT2D eigenvalue weighted by molar-refractivity contribution is 0.0949. The number of nitrogens with zero attached hydrogens (tertiary/aromatic N) is 3. The summed E-state index contributed by atoms with van der Waals surface area (Å²) in [4.78, 5) is 14.4. The van der Waals surface area contributed by atoms with Crippen LogP contribution in [0.15, 0.2) is 54.6 Å². The van der Waals surface area contributed by atoms with Crippen molar-refractivity contribution in [3.8, 4) is 23.1 Å². The number of aromatic nitrogens is 2. The normalized spacial score (nSPS) is 10.1. The van der Waals surface area contributed by atoms with Gasteiger partial charge >= 0.3 is 0 Å². The number of benzene rings is 2. The first-order valence-electron chi connectivity index (χ1n) is 8.79. The monoisotopic (exact) mass is 376 g/mol. The molecule has 0 atom stereocenters. The number of para-hydroxylation sites is 1. The minimum absolute atomic E-state index is 0.220. The molecular weight excluding hydrogens is 355 g/mol. The first kappa shape index (κ1) is 19.2. The maximum Gasteiger partial charge on any atom is 0.270 e. The number of hydrogen-bond acceptors (Lipinski definition) is 3. The fourth-order valence-corrected chi connectivity index (χ4v) is 2.77. The number of anilines is 1. The second-order valence-corrected chi connectivity index (χ2v) is 6.44. The summed E-state index contributed by atoms with van der Waals surface area (Å²) in [6.07, 6.45) is 0. The summed E-state index contributed by atoms with van der Waals surface area (Å²) < 4.78 is 14.6. The Kier molecular flexibility index (Phi) is 5.75. The zero-order valence-corrected chi connectivity index (χ0v) is 16.0. The SMILES string of the molecule is CN(C)c1ccccc1C#CCNC(=O)c1cc(-c2ccc(F)cc2)nn1C. The van der Waals surface area contributed by atoms with Gasteiger partial charge in [-0.25, -0.2) is 4.39 Å². The minimum atomic E-state index is -0.313. The highest BCUT2D eigenvalue weighted by molar-refractivity contribution is 5.93. The van der Waals surface area contributed by atoms with Crippen molar-refractivity contribution in [3.05, 3.63) is 71.7 Å². The summed E-state index contributed by atoms with van der Waals surface area (Å²) >= 11 is 0. The third-order valence-electron chi connectivity index (χ3n) is 4.20. The molecular formula is C22H21FN4O. The van der Waals surface area contributed by atoms with Crippen molar-refractivity contribution in [1.29, 1.82) is 0 Å². The molecule has 0 fully saturated rings. The van der Waals surface area contributed by atoms with Crippen LogP contribution in [0.25, 0.3) is 11.3 Å². The van der Waals surface area contributed by atoms with Crippen LogP contribution in [0, 0.1) is 17.7 Å². The van der Waals surface area contributed by atoms with E-state index in [2.05, 4.69) is 22.3 Å². The molecule has 0 aliphatic heterocycles. The van der Waals surface area contributed by atoms with Crippen LogP contribution in [0.4, 0.5) is 10.1 Å². The van der Waals surface area contributed by atoms with Gasteiger partial charge in [0.05, 0.1) is 17.9 Å². The van der Waals surface area contributed by atoms with Crippen molar-refractivity contribution < 1.29 is 9.18 Å². The van der Waals surface area contributed by atoms with Crippen LogP contribution in [-0.4, -0.2) is 36.3 Å². The van der Waals surface area contributed by atoms with Gasteiger partial charge in [-0.1, -0.05) is 24.0 Å². The van der Waals surface area contributed by atoms with Gasteiger partial charge in [0, 0.05) is 32.3 Å². The molecule has 0 saturated carbocycles. The first-order chi connectivity index (χ1) is 13.5. The number of amides is 1. The zero-order chi connectivity index (χ0) is 20.1. The van der Waals surface area contributed by atoms with Crippen molar-refractivity contribution in [2.24, 2.45) is 7.05 Å². The Balaban J connectivity index is 1.68. The Hall–Kier alpha value is -3.59. The third-order valence-corrected chi connectivity index (χ3v) is 4.20. The van der Waals surface area contributed by atoms with E-state index in [4.69, 9.17) is 0 Å². The Morgan fingerprint density at radius 3 is 2.61 bits per heavy atom. The molecule has 3 aromatic rings. The van der Waals surface area contributed by atoms with Crippen LogP contribution in [0.2, 0.25) is 0 Å². The van der Waals surface area contributed by atoms with E-state index < -0.39 is 0 Å². The van der Waals surface area contributed by atoms with Gasteiger partial charge in [0.15, 0.2) is 0 Å². The average Bonchev–Trinajstić information content (AvgIpc) is 3.07. The average molecular weight is 376 g/mol. The van der Waals surface area contributed by atoms with Gasteiger partial charge in [0.25, 0.3) is 5.91 Å². The molecule has 3 rings (SSSR count). The molecule has 1 aromatic heterocycles. The van der Waals surface area contributed by atoms with Gasteiger partial charge in [-0.3, -0.25) is 9.48 Å². The van der Waals surface area contributed by atoms with Crippen molar-refractivity contribution in [2.45, 2.75) is 0 Å². The number of halogens is 1. The van der Waals surface area contributed by atoms with Gasteiger partial charge in [-0.05, 0) is 42.5 Å². The predicted octanol–water partition coefficient (Wildman–Crippen LogP) is 3.07. The maximum atomic E-state index is 13.1. The van der Waals surface area contributed by atoms with Crippen LogP contribution >= 0.6 is 0 Å². The molecule has 142 valence electrons. The van der Waals surface area contributed by atoms with E-state index in [-0.39, 0.29) is 18.3 Å². The topological polar surface area (TPSA) is 50.2 Å². The fourth-order valence-electron chi connectivity index (χ4n) is 2.77. The molecule has 0 saturated heterocycles. The predicted molar refractivity (Wildman–Crippen MR) is 109 cm³/mol. The smallest absolute Gasteiger partial charge is 0.270 e. The number of carbonyl (C=O) groups is 1. The molecule has 5 nitrogen and oxygen atoms in total. The van der Waals surface area contributed by atoms with Crippen molar-refractivity contribution >= 4 is 11.6 Å². The van der Waals surface area contributed by atoms with E-state index in [0.29, 0.717) is 11.4 Å². The second-order valence-electron chi connectivity index (χ2n) is 6.44. The lowest BCUT2D eigenvalue weighted by Gasteiger charge is -2.13. The van der Waals surface area contributed by atoms with E-state index in [0.717, 1.165) is 16.8 Å². The van der Waals surface area contributed by atoms with Gasteiger partial charge < -0.3 is 10.2 Å². The molecule has 0 unspecified atom stereocenters. The lowest BCUT2D eigenvalue weighted by atomic mass is 10.1. The van der Waals surface area contributed by atoms with Gasteiger partial charge in [-0.15, -0.1) is 0 Å². The van der Waals surface area contributed by atoms with Crippen LogP contribution in [0.1, 0.15) is 16.1 Å². The second kappa shape index (κ2) is 8.40. The molecule has 0 radical (unpaired) electrons. The number of rotatable bonds is 4. The van der Waals surface area contributed by atoms with E-state index in [1.807, 2.05) is 43.3 Å². The summed E-state index contributed by atoms with van der Waals surface area (Å²) in [5.74, 6) is 5.49. The fraction of sp³-hybridized carbons (Fsp3) is 0.182. The highest BCUT2D eigenvalue weighted by Crippen LogP contribution is 2.19. The third kappa shape index (κ3) is 4.38. The number of aryl methyl sites for hydroxylation is 1. The van der Waals surface area contributed by atoms with E-state index >= 15 is 0 Å². The summed E-state index contributed by atoms with van der Waals surface area (Å²) in [6.45, 7) is 0.220. The number of carbonyl (C=O) groups excluding carboxylic acids is 1. The molecule has 6 heteroatoms. The van der Waals surface area contributed by atoms with Gasteiger partial charge in [0.2, 0.25) is 0 Å².